The number of carbonyl (C=O) groups excluding carboxylic acids is 3. The molecule has 3 amide bonds. The molecule has 0 saturated heterocycles. The predicted octanol–water partition coefficient (Wildman–Crippen LogP) is 8.41. The van der Waals surface area contributed by atoms with E-state index >= 15 is 0 Å². The van der Waals surface area contributed by atoms with E-state index in [-0.39, 0.29) is 29.9 Å². The van der Waals surface area contributed by atoms with Crippen LogP contribution < -0.4 is 20.9 Å². The number of fused-ring (bicyclic) bond motifs is 1. The molecule has 4 aromatic rings. The summed E-state index contributed by atoms with van der Waals surface area (Å²) in [5.74, 6) is -2.41. The number of primary amides is 1. The van der Waals surface area contributed by atoms with Crippen LogP contribution in [-0.2, 0) is 20.9 Å². The molecule has 1 unspecified atom stereocenters. The molecular weight excluding hydrogens is 651 g/mol. The molecule has 3 atom stereocenters. The Morgan fingerprint density at radius 1 is 0.900 bits per heavy atom. The normalized spacial score (nSPS) is 17.6. The highest BCUT2D eigenvalue weighted by atomic mass is 35.5. The molecule has 260 valence electrons. The zero-order valence-corrected chi connectivity index (χ0v) is 29.1. The molecule has 3 N–H and O–H groups in total. The minimum atomic E-state index is -0.921. The highest BCUT2D eigenvalue weighted by Crippen LogP contribution is 2.39. The summed E-state index contributed by atoms with van der Waals surface area (Å²) in [7, 11) is 0. The van der Waals surface area contributed by atoms with Crippen LogP contribution in [0.1, 0.15) is 57.4 Å². The second kappa shape index (κ2) is 15.9. The van der Waals surface area contributed by atoms with Crippen LogP contribution in [0.25, 0.3) is 11.1 Å². The Labute approximate surface area is 298 Å². The number of halogens is 2. The summed E-state index contributed by atoms with van der Waals surface area (Å²) >= 11 is 6.11. The molecule has 0 bridgehead atoms. The SMILES string of the molecule is CCC[C@H](C(N)=O)[C@@H](CC1CCCC1)C(=O)NC1CN(c2ccccc2)c2ccccc2N(Cc2cccc(-c3ccc(F)c(Cl)c3)c2)C1=O. The zero-order valence-electron chi connectivity index (χ0n) is 28.4. The monoisotopic (exact) mass is 694 g/mol. The Hall–Kier alpha value is -4.69. The van der Waals surface area contributed by atoms with Gasteiger partial charge in [-0.1, -0.05) is 105 Å². The number of para-hydroxylation sites is 3. The van der Waals surface area contributed by atoms with Gasteiger partial charge in [-0.3, -0.25) is 14.4 Å². The van der Waals surface area contributed by atoms with Crippen molar-refractivity contribution >= 4 is 46.4 Å². The number of amides is 3. The topological polar surface area (TPSA) is 95.7 Å². The third-order valence-corrected chi connectivity index (χ3v) is 10.4. The van der Waals surface area contributed by atoms with Crippen LogP contribution in [0.15, 0.2) is 97.1 Å². The summed E-state index contributed by atoms with van der Waals surface area (Å²) in [4.78, 5) is 45.7. The largest absolute Gasteiger partial charge is 0.369 e. The zero-order chi connectivity index (χ0) is 35.2. The summed E-state index contributed by atoms with van der Waals surface area (Å²) in [6.07, 6.45) is 6.09. The number of anilines is 3. The van der Waals surface area contributed by atoms with Gasteiger partial charge in [0.25, 0.3) is 5.91 Å². The summed E-state index contributed by atoms with van der Waals surface area (Å²) in [5.41, 5.74) is 10.8. The van der Waals surface area contributed by atoms with Crippen molar-refractivity contribution in [3.8, 4) is 11.1 Å². The number of rotatable bonds is 12. The van der Waals surface area contributed by atoms with Gasteiger partial charge < -0.3 is 20.9 Å². The van der Waals surface area contributed by atoms with Gasteiger partial charge in [-0.25, -0.2) is 4.39 Å². The maximum Gasteiger partial charge on any atom is 0.251 e. The Kier molecular flexibility index (Phi) is 11.2. The quantitative estimate of drug-likeness (QED) is 0.156. The first-order valence-corrected chi connectivity index (χ1v) is 18.0. The van der Waals surface area contributed by atoms with Gasteiger partial charge in [-0.2, -0.15) is 0 Å². The molecule has 50 heavy (non-hydrogen) atoms. The van der Waals surface area contributed by atoms with Crippen molar-refractivity contribution in [3.63, 3.8) is 0 Å². The van der Waals surface area contributed by atoms with E-state index < -0.39 is 29.6 Å². The molecule has 7 nitrogen and oxygen atoms in total. The summed E-state index contributed by atoms with van der Waals surface area (Å²) in [6, 6.07) is 29.0. The molecule has 1 aliphatic heterocycles. The van der Waals surface area contributed by atoms with E-state index in [1.165, 1.54) is 6.07 Å². The highest BCUT2D eigenvalue weighted by molar-refractivity contribution is 6.31. The van der Waals surface area contributed by atoms with Crippen molar-refractivity contribution in [2.75, 3.05) is 16.3 Å². The molecule has 0 radical (unpaired) electrons. The standard InChI is InChI=1S/C41H44ClFN4O3/c1-2-11-32(39(44)48)33(23-27-12-6-7-13-27)40(49)45-36-26-46(31-16-4-3-5-17-31)37-18-8-9-19-38(37)47(41(36)50)25-28-14-10-15-29(22-28)30-20-21-35(43)34(42)24-30/h3-5,8-10,14-22,24,27,32-33,36H,2,6-7,11-13,23,25-26H2,1H3,(H2,44,48)(H,45,49)/t32-,33+,36?/m0/s1. The number of carbonyl (C=O) groups is 3. The fourth-order valence-corrected chi connectivity index (χ4v) is 7.79. The van der Waals surface area contributed by atoms with Gasteiger partial charge >= 0.3 is 0 Å². The summed E-state index contributed by atoms with van der Waals surface area (Å²) in [5, 5.41) is 3.18. The molecule has 1 fully saturated rings. The van der Waals surface area contributed by atoms with Gasteiger partial charge in [-0.05, 0) is 77.9 Å². The van der Waals surface area contributed by atoms with E-state index in [0.29, 0.717) is 24.4 Å². The predicted molar refractivity (Wildman–Crippen MR) is 198 cm³/mol. The fraction of sp³-hybridized carbons (Fsp3) is 0.341. The number of hydrogen-bond acceptors (Lipinski definition) is 4. The van der Waals surface area contributed by atoms with Crippen molar-refractivity contribution < 1.29 is 18.8 Å². The van der Waals surface area contributed by atoms with Crippen LogP contribution in [0.5, 0.6) is 0 Å². The molecule has 0 spiro atoms. The molecule has 6 rings (SSSR count). The van der Waals surface area contributed by atoms with E-state index in [4.69, 9.17) is 17.3 Å². The Morgan fingerprint density at radius 2 is 1.60 bits per heavy atom. The Bertz CT molecular complexity index is 1830. The van der Waals surface area contributed by atoms with Crippen LogP contribution >= 0.6 is 11.6 Å². The third kappa shape index (κ3) is 7.86. The number of nitrogens with zero attached hydrogens (tertiary/aromatic N) is 2. The molecule has 4 aromatic carbocycles. The molecule has 9 heteroatoms. The molecular formula is C41H44ClFN4O3. The van der Waals surface area contributed by atoms with Crippen molar-refractivity contribution in [2.45, 2.75) is 64.5 Å². The van der Waals surface area contributed by atoms with Crippen LogP contribution in [0, 0.1) is 23.6 Å². The summed E-state index contributed by atoms with van der Waals surface area (Å²) in [6.45, 7) is 2.40. The minimum absolute atomic E-state index is 0.0351. The molecule has 1 aliphatic carbocycles. The first-order chi connectivity index (χ1) is 24.2. The first-order valence-electron chi connectivity index (χ1n) is 17.6. The number of benzene rings is 4. The average molecular weight is 695 g/mol. The van der Waals surface area contributed by atoms with Gasteiger partial charge in [0, 0.05) is 17.5 Å². The first kappa shape index (κ1) is 35.1. The van der Waals surface area contributed by atoms with Gasteiger partial charge in [0.2, 0.25) is 11.8 Å². The smallest absolute Gasteiger partial charge is 0.251 e. The van der Waals surface area contributed by atoms with E-state index in [1.54, 1.807) is 17.0 Å². The molecule has 2 aliphatic rings. The third-order valence-electron chi connectivity index (χ3n) is 10.1. The number of nitrogens with one attached hydrogen (secondary N) is 1. The van der Waals surface area contributed by atoms with Crippen LogP contribution in [0.4, 0.5) is 21.5 Å². The van der Waals surface area contributed by atoms with Crippen molar-refractivity contribution in [1.82, 2.24) is 5.32 Å². The second-order valence-electron chi connectivity index (χ2n) is 13.5. The number of nitrogens with two attached hydrogens (primary N) is 1. The number of hydrogen-bond donors (Lipinski definition) is 2. The van der Waals surface area contributed by atoms with Crippen molar-refractivity contribution in [2.24, 2.45) is 23.5 Å². The Balaban J connectivity index is 1.37. The van der Waals surface area contributed by atoms with E-state index in [9.17, 15) is 18.8 Å². The lowest BCUT2D eigenvalue weighted by Crippen LogP contribution is -2.54. The van der Waals surface area contributed by atoms with Gasteiger partial charge in [0.1, 0.15) is 11.9 Å². The van der Waals surface area contributed by atoms with Crippen LogP contribution in [0.3, 0.4) is 0 Å². The second-order valence-corrected chi connectivity index (χ2v) is 13.9. The van der Waals surface area contributed by atoms with Crippen LogP contribution in [-0.4, -0.2) is 30.3 Å². The van der Waals surface area contributed by atoms with Gasteiger partial charge in [0.15, 0.2) is 0 Å². The van der Waals surface area contributed by atoms with E-state index in [2.05, 4.69) is 10.2 Å². The molecule has 1 heterocycles. The van der Waals surface area contributed by atoms with Crippen molar-refractivity contribution in [3.05, 3.63) is 113 Å². The molecule has 0 aromatic heterocycles. The van der Waals surface area contributed by atoms with E-state index in [1.807, 2.05) is 85.8 Å². The average Bonchev–Trinajstić information content (AvgIpc) is 3.62. The summed E-state index contributed by atoms with van der Waals surface area (Å²) < 4.78 is 13.9. The highest BCUT2D eigenvalue weighted by Gasteiger charge is 2.39. The lowest BCUT2D eigenvalue weighted by Gasteiger charge is -2.30. The fourth-order valence-electron chi connectivity index (χ4n) is 7.61. The van der Waals surface area contributed by atoms with E-state index in [0.717, 1.165) is 60.2 Å². The van der Waals surface area contributed by atoms with Crippen molar-refractivity contribution in [1.29, 1.82) is 0 Å². The lowest BCUT2D eigenvalue weighted by molar-refractivity contribution is -0.136. The minimum Gasteiger partial charge on any atom is -0.369 e. The maximum absolute atomic E-state index is 14.8. The van der Waals surface area contributed by atoms with Crippen LogP contribution in [0.2, 0.25) is 5.02 Å². The van der Waals surface area contributed by atoms with Gasteiger partial charge in [-0.15, -0.1) is 0 Å². The van der Waals surface area contributed by atoms with Gasteiger partial charge in [0.05, 0.1) is 29.5 Å². The maximum atomic E-state index is 14.8. The Morgan fingerprint density at radius 3 is 2.30 bits per heavy atom. The lowest BCUT2D eigenvalue weighted by atomic mass is 9.80. The molecule has 1 saturated carbocycles.